The highest BCUT2D eigenvalue weighted by molar-refractivity contribution is 7.84. The lowest BCUT2D eigenvalue weighted by Crippen LogP contribution is -2.40. The number of hydrogen-bond acceptors (Lipinski definition) is 3. The summed E-state index contributed by atoms with van der Waals surface area (Å²) in [5.41, 5.74) is 0.982. The number of fused-ring (bicyclic) bond motifs is 1. The van der Waals surface area contributed by atoms with Crippen LogP contribution in [-0.2, 0) is 10.8 Å². The Morgan fingerprint density at radius 2 is 2.11 bits per heavy atom. The molecule has 1 aliphatic rings. The van der Waals surface area contributed by atoms with Gasteiger partial charge in [0.25, 0.3) is 0 Å². The first-order valence-corrected chi connectivity index (χ1v) is 8.37. The summed E-state index contributed by atoms with van der Waals surface area (Å²) in [6.45, 7) is 7.09. The number of hydrogen-bond donors (Lipinski definition) is 1. The van der Waals surface area contributed by atoms with Crippen LogP contribution in [0.3, 0.4) is 0 Å². The maximum absolute atomic E-state index is 11.4. The second-order valence-electron chi connectivity index (χ2n) is 5.73. The van der Waals surface area contributed by atoms with Gasteiger partial charge < -0.3 is 10.1 Å². The van der Waals surface area contributed by atoms with Gasteiger partial charge in [0.05, 0.1) is 6.04 Å². The Kier molecular flexibility index (Phi) is 4.31. The zero-order valence-corrected chi connectivity index (χ0v) is 12.9. The van der Waals surface area contributed by atoms with Crippen molar-refractivity contribution < 1.29 is 8.95 Å². The summed E-state index contributed by atoms with van der Waals surface area (Å²) in [5.74, 6) is 0.970. The minimum atomic E-state index is -0.749. The summed E-state index contributed by atoms with van der Waals surface area (Å²) in [5, 5.41) is 3.78. The molecule has 3 nitrogen and oxygen atoms in total. The molecule has 3 atom stereocenters. The fraction of sp³-hybridized carbons (Fsp3) is 0.600. The molecule has 0 saturated heterocycles. The van der Waals surface area contributed by atoms with E-state index in [4.69, 9.17) is 4.74 Å². The van der Waals surface area contributed by atoms with Crippen molar-refractivity contribution in [3.8, 4) is 5.75 Å². The van der Waals surface area contributed by atoms with E-state index in [1.54, 1.807) is 6.26 Å². The third-order valence-electron chi connectivity index (χ3n) is 3.76. The van der Waals surface area contributed by atoms with Crippen LogP contribution in [0.1, 0.15) is 38.8 Å². The van der Waals surface area contributed by atoms with Crippen LogP contribution in [0, 0.1) is 0 Å². The smallest absolute Gasteiger partial charge is 0.125 e. The maximum Gasteiger partial charge on any atom is 0.125 e. The van der Waals surface area contributed by atoms with Gasteiger partial charge in [0.1, 0.15) is 11.4 Å². The molecule has 0 radical (unpaired) electrons. The van der Waals surface area contributed by atoms with Crippen LogP contribution < -0.4 is 10.1 Å². The Labute approximate surface area is 118 Å². The van der Waals surface area contributed by atoms with E-state index < -0.39 is 10.8 Å². The van der Waals surface area contributed by atoms with Crippen LogP contribution in [0.15, 0.2) is 24.3 Å². The highest BCUT2D eigenvalue weighted by Crippen LogP contribution is 2.42. The Bertz CT molecular complexity index is 473. The van der Waals surface area contributed by atoms with Gasteiger partial charge in [-0.2, -0.15) is 0 Å². The van der Waals surface area contributed by atoms with Crippen molar-refractivity contribution in [2.75, 3.05) is 12.8 Å². The summed E-state index contributed by atoms with van der Waals surface area (Å²) >= 11 is 0. The summed E-state index contributed by atoms with van der Waals surface area (Å²) in [6.07, 6.45) is 2.68. The molecule has 1 aromatic rings. The first-order valence-electron chi connectivity index (χ1n) is 6.75. The average Bonchev–Trinajstić information content (AvgIpc) is 2.60. The lowest BCUT2D eigenvalue weighted by atomic mass is 9.94. The van der Waals surface area contributed by atoms with Gasteiger partial charge >= 0.3 is 0 Å². The maximum atomic E-state index is 11.4. The van der Waals surface area contributed by atoms with E-state index in [1.807, 2.05) is 25.1 Å². The zero-order valence-electron chi connectivity index (χ0n) is 12.1. The quantitative estimate of drug-likeness (QED) is 0.901. The van der Waals surface area contributed by atoms with Crippen molar-refractivity contribution in [2.24, 2.45) is 0 Å². The molecule has 1 aromatic carbocycles. The molecular formula is C15H23NO2S. The van der Waals surface area contributed by atoms with E-state index in [2.05, 4.69) is 25.2 Å². The van der Waals surface area contributed by atoms with Gasteiger partial charge in [-0.25, -0.2) is 0 Å². The van der Waals surface area contributed by atoms with Crippen molar-refractivity contribution in [1.82, 2.24) is 5.32 Å². The van der Waals surface area contributed by atoms with E-state index in [-0.39, 0.29) is 16.9 Å². The molecule has 0 saturated carbocycles. The van der Waals surface area contributed by atoms with E-state index in [9.17, 15) is 4.21 Å². The van der Waals surface area contributed by atoms with Crippen LogP contribution in [0.5, 0.6) is 5.75 Å². The van der Waals surface area contributed by atoms with Gasteiger partial charge in [-0.1, -0.05) is 25.1 Å². The SMILES string of the molecule is CC(CCNC1c2ccccc2OC1(C)C)S(C)=O. The third-order valence-corrected chi connectivity index (χ3v) is 5.13. The van der Waals surface area contributed by atoms with Crippen LogP contribution in [0.2, 0.25) is 0 Å². The molecule has 3 unspecified atom stereocenters. The van der Waals surface area contributed by atoms with E-state index in [0.717, 1.165) is 18.7 Å². The largest absolute Gasteiger partial charge is 0.486 e. The molecule has 0 fully saturated rings. The summed E-state index contributed by atoms with van der Waals surface area (Å²) < 4.78 is 17.3. The minimum Gasteiger partial charge on any atom is -0.486 e. The Morgan fingerprint density at radius 1 is 1.42 bits per heavy atom. The molecule has 2 rings (SSSR count). The van der Waals surface area contributed by atoms with Crippen LogP contribution in [-0.4, -0.2) is 27.9 Å². The van der Waals surface area contributed by atoms with E-state index >= 15 is 0 Å². The predicted molar refractivity (Wildman–Crippen MR) is 80.0 cm³/mol. The number of benzene rings is 1. The van der Waals surface area contributed by atoms with Crippen molar-refractivity contribution in [3.05, 3.63) is 29.8 Å². The fourth-order valence-corrected chi connectivity index (χ4v) is 2.93. The molecule has 1 heterocycles. The van der Waals surface area contributed by atoms with Gasteiger partial charge in [0.15, 0.2) is 0 Å². The van der Waals surface area contributed by atoms with E-state index in [1.165, 1.54) is 5.56 Å². The second kappa shape index (κ2) is 5.63. The van der Waals surface area contributed by atoms with Crippen LogP contribution in [0.25, 0.3) is 0 Å². The number of nitrogens with one attached hydrogen (secondary N) is 1. The van der Waals surface area contributed by atoms with Crippen molar-refractivity contribution in [3.63, 3.8) is 0 Å². The topological polar surface area (TPSA) is 38.3 Å². The highest BCUT2D eigenvalue weighted by atomic mass is 32.2. The van der Waals surface area contributed by atoms with E-state index in [0.29, 0.717) is 0 Å². The lowest BCUT2D eigenvalue weighted by molar-refractivity contribution is 0.0965. The monoisotopic (exact) mass is 281 g/mol. The standard InChI is InChI=1S/C15H23NO2S/c1-11(19(4)17)9-10-16-14-12-7-5-6-8-13(12)18-15(14,2)3/h5-8,11,14,16H,9-10H2,1-4H3. The summed E-state index contributed by atoms with van der Waals surface area (Å²) in [6, 6.07) is 8.37. The number of para-hydroxylation sites is 1. The Balaban J connectivity index is 2.01. The second-order valence-corrected chi connectivity index (χ2v) is 7.53. The molecule has 0 aliphatic carbocycles. The van der Waals surface area contributed by atoms with Crippen molar-refractivity contribution in [1.29, 1.82) is 0 Å². The Morgan fingerprint density at radius 3 is 2.79 bits per heavy atom. The molecule has 19 heavy (non-hydrogen) atoms. The van der Waals surface area contributed by atoms with Crippen molar-refractivity contribution >= 4 is 10.8 Å². The molecule has 0 bridgehead atoms. The molecular weight excluding hydrogens is 258 g/mol. The van der Waals surface area contributed by atoms with Gasteiger partial charge in [-0.3, -0.25) is 4.21 Å². The van der Waals surface area contributed by atoms with Gasteiger partial charge in [-0.15, -0.1) is 0 Å². The molecule has 1 N–H and O–H groups in total. The van der Waals surface area contributed by atoms with Crippen molar-refractivity contribution in [2.45, 2.75) is 44.1 Å². The molecule has 0 amide bonds. The average molecular weight is 281 g/mol. The lowest BCUT2D eigenvalue weighted by Gasteiger charge is -2.27. The van der Waals surface area contributed by atoms with Gasteiger partial charge in [-0.05, 0) is 32.9 Å². The summed E-state index contributed by atoms with van der Waals surface area (Å²) in [7, 11) is -0.749. The molecule has 0 spiro atoms. The first-order chi connectivity index (χ1) is 8.92. The predicted octanol–water partition coefficient (Wildman–Crippen LogP) is 2.65. The third kappa shape index (κ3) is 3.18. The minimum absolute atomic E-state index is 0.196. The van der Waals surface area contributed by atoms with Gasteiger partial charge in [0, 0.05) is 27.9 Å². The number of ether oxygens (including phenoxy) is 1. The normalized spacial score (nSPS) is 23.5. The van der Waals surface area contributed by atoms with Gasteiger partial charge in [0.2, 0.25) is 0 Å². The van der Waals surface area contributed by atoms with Crippen LogP contribution >= 0.6 is 0 Å². The summed E-state index contributed by atoms with van der Waals surface area (Å²) in [4.78, 5) is 0. The van der Waals surface area contributed by atoms with Crippen LogP contribution in [0.4, 0.5) is 0 Å². The molecule has 106 valence electrons. The molecule has 0 aromatic heterocycles. The molecule has 4 heteroatoms. The number of rotatable bonds is 5. The Hall–Kier alpha value is -0.870. The highest BCUT2D eigenvalue weighted by Gasteiger charge is 2.40. The first kappa shape index (κ1) is 14.5. The molecule has 1 aliphatic heterocycles. The zero-order chi connectivity index (χ0) is 14.0. The fourth-order valence-electron chi connectivity index (χ4n) is 2.48.